The van der Waals surface area contributed by atoms with E-state index in [2.05, 4.69) is 20.0 Å². The molecule has 6 heteroatoms. The summed E-state index contributed by atoms with van der Waals surface area (Å²) < 4.78 is 4.64. The fraction of sp³-hybridized carbons (Fsp3) is 0.118. The zero-order chi connectivity index (χ0) is 16.2. The van der Waals surface area contributed by atoms with Crippen LogP contribution in [0.1, 0.15) is 26.4 Å². The van der Waals surface area contributed by atoms with E-state index in [1.54, 1.807) is 42.7 Å². The Labute approximate surface area is 132 Å². The van der Waals surface area contributed by atoms with Crippen molar-refractivity contribution in [2.24, 2.45) is 0 Å². The van der Waals surface area contributed by atoms with E-state index < -0.39 is 0 Å². The fourth-order valence-electron chi connectivity index (χ4n) is 2.25. The van der Waals surface area contributed by atoms with E-state index in [1.165, 1.54) is 7.11 Å². The molecule has 3 aromatic rings. The summed E-state index contributed by atoms with van der Waals surface area (Å²) in [7, 11) is 1.34. The Kier molecular flexibility index (Phi) is 4.05. The van der Waals surface area contributed by atoms with Crippen molar-refractivity contribution in [2.75, 3.05) is 7.11 Å². The number of fused-ring (bicyclic) bond motifs is 1. The predicted molar refractivity (Wildman–Crippen MR) is 85.0 cm³/mol. The highest BCUT2D eigenvalue weighted by atomic mass is 16.5. The van der Waals surface area contributed by atoms with Crippen LogP contribution in [0, 0.1) is 0 Å². The number of benzene rings is 1. The van der Waals surface area contributed by atoms with Crippen LogP contribution in [-0.4, -0.2) is 29.0 Å². The number of pyridine rings is 1. The highest BCUT2D eigenvalue weighted by Crippen LogP contribution is 2.13. The number of methoxy groups -OCH3 is 1. The second-order valence-corrected chi connectivity index (χ2v) is 5.02. The average molecular weight is 309 g/mol. The van der Waals surface area contributed by atoms with Crippen molar-refractivity contribution in [3.8, 4) is 0 Å². The Bertz CT molecular complexity index is 820. The lowest BCUT2D eigenvalue weighted by Crippen LogP contribution is -2.23. The second-order valence-electron chi connectivity index (χ2n) is 5.02. The minimum atomic E-state index is -0.382. The summed E-state index contributed by atoms with van der Waals surface area (Å²) in [5, 5.41) is 3.72. The van der Waals surface area contributed by atoms with E-state index in [0.29, 0.717) is 17.8 Å². The van der Waals surface area contributed by atoms with Gasteiger partial charge in [-0.3, -0.25) is 9.78 Å². The van der Waals surface area contributed by atoms with Gasteiger partial charge in [0, 0.05) is 29.8 Å². The van der Waals surface area contributed by atoms with Gasteiger partial charge in [0.2, 0.25) is 0 Å². The van der Waals surface area contributed by atoms with Gasteiger partial charge in [-0.1, -0.05) is 12.1 Å². The molecule has 1 aromatic carbocycles. The van der Waals surface area contributed by atoms with Gasteiger partial charge in [-0.2, -0.15) is 0 Å². The molecule has 0 spiro atoms. The molecule has 2 heterocycles. The van der Waals surface area contributed by atoms with Crippen LogP contribution in [-0.2, 0) is 11.3 Å². The number of ether oxygens (including phenoxy) is 1. The Morgan fingerprint density at radius 3 is 2.70 bits per heavy atom. The van der Waals surface area contributed by atoms with Crippen molar-refractivity contribution in [3.63, 3.8) is 0 Å². The van der Waals surface area contributed by atoms with Crippen LogP contribution in [0.25, 0.3) is 10.9 Å². The molecule has 0 fully saturated rings. The van der Waals surface area contributed by atoms with Gasteiger partial charge >= 0.3 is 5.97 Å². The highest BCUT2D eigenvalue weighted by molar-refractivity contribution is 5.97. The van der Waals surface area contributed by atoms with Crippen LogP contribution in [0.15, 0.2) is 48.8 Å². The minimum Gasteiger partial charge on any atom is -0.465 e. The number of carbonyl (C=O) groups is 2. The molecular weight excluding hydrogens is 294 g/mol. The van der Waals surface area contributed by atoms with Crippen LogP contribution in [0.2, 0.25) is 0 Å². The lowest BCUT2D eigenvalue weighted by atomic mass is 10.1. The Hall–Kier alpha value is -3.15. The van der Waals surface area contributed by atoms with E-state index in [-0.39, 0.29) is 11.9 Å². The van der Waals surface area contributed by atoms with Gasteiger partial charge in [0.05, 0.1) is 12.7 Å². The first-order chi connectivity index (χ1) is 11.2. The number of aromatic amines is 1. The maximum Gasteiger partial charge on any atom is 0.337 e. The number of hydrogen-bond donors (Lipinski definition) is 2. The number of esters is 1. The largest absolute Gasteiger partial charge is 0.465 e. The summed E-state index contributed by atoms with van der Waals surface area (Å²) in [6.07, 6.45) is 3.37. The van der Waals surface area contributed by atoms with Gasteiger partial charge in [0.15, 0.2) is 0 Å². The minimum absolute atomic E-state index is 0.196. The molecule has 0 aliphatic rings. The van der Waals surface area contributed by atoms with Crippen LogP contribution in [0.4, 0.5) is 0 Å². The van der Waals surface area contributed by atoms with Crippen LogP contribution >= 0.6 is 0 Å². The molecule has 3 rings (SSSR count). The lowest BCUT2D eigenvalue weighted by Gasteiger charge is -2.05. The van der Waals surface area contributed by atoms with Crippen molar-refractivity contribution in [3.05, 3.63) is 65.6 Å². The third-order valence-electron chi connectivity index (χ3n) is 3.49. The molecule has 2 aromatic heterocycles. The zero-order valence-electron chi connectivity index (χ0n) is 12.5. The average Bonchev–Trinajstić information content (AvgIpc) is 3.03. The van der Waals surface area contributed by atoms with Crippen LogP contribution in [0.3, 0.4) is 0 Å². The van der Waals surface area contributed by atoms with Crippen molar-refractivity contribution < 1.29 is 14.3 Å². The number of carbonyl (C=O) groups excluding carboxylic acids is 2. The van der Waals surface area contributed by atoms with Gasteiger partial charge < -0.3 is 15.0 Å². The molecule has 23 heavy (non-hydrogen) atoms. The molecule has 0 saturated heterocycles. The molecule has 116 valence electrons. The van der Waals surface area contributed by atoms with E-state index in [9.17, 15) is 9.59 Å². The fourth-order valence-corrected chi connectivity index (χ4v) is 2.25. The smallest absolute Gasteiger partial charge is 0.337 e. The van der Waals surface area contributed by atoms with Crippen molar-refractivity contribution in [1.29, 1.82) is 0 Å². The van der Waals surface area contributed by atoms with Gasteiger partial charge in [0.25, 0.3) is 5.91 Å². The third kappa shape index (κ3) is 3.21. The molecule has 6 nitrogen and oxygen atoms in total. The maximum atomic E-state index is 12.2. The first kappa shape index (κ1) is 14.8. The normalized spacial score (nSPS) is 10.5. The van der Waals surface area contributed by atoms with Crippen molar-refractivity contribution in [2.45, 2.75) is 6.54 Å². The topological polar surface area (TPSA) is 84.1 Å². The monoisotopic (exact) mass is 309 g/mol. The highest BCUT2D eigenvalue weighted by Gasteiger charge is 2.09. The van der Waals surface area contributed by atoms with Gasteiger partial charge in [-0.15, -0.1) is 0 Å². The molecule has 0 saturated carbocycles. The Balaban J connectivity index is 1.65. The second kappa shape index (κ2) is 6.31. The van der Waals surface area contributed by atoms with E-state index in [1.807, 2.05) is 6.07 Å². The molecule has 0 atom stereocenters. The number of nitrogens with zero attached hydrogens (tertiary/aromatic N) is 1. The van der Waals surface area contributed by atoms with Gasteiger partial charge in [-0.05, 0) is 29.8 Å². The number of H-pyrrole nitrogens is 1. The molecule has 0 aliphatic carbocycles. The first-order valence-electron chi connectivity index (χ1n) is 7.05. The van der Waals surface area contributed by atoms with E-state index in [0.717, 1.165) is 16.5 Å². The third-order valence-corrected chi connectivity index (χ3v) is 3.49. The quantitative estimate of drug-likeness (QED) is 0.724. The molecule has 0 radical (unpaired) electrons. The number of nitrogens with one attached hydrogen (secondary N) is 2. The molecular formula is C17H15N3O3. The lowest BCUT2D eigenvalue weighted by molar-refractivity contribution is 0.0600. The van der Waals surface area contributed by atoms with Crippen LogP contribution in [0.5, 0.6) is 0 Å². The number of aromatic nitrogens is 2. The Morgan fingerprint density at radius 1 is 1.22 bits per heavy atom. The van der Waals surface area contributed by atoms with E-state index >= 15 is 0 Å². The number of hydrogen-bond acceptors (Lipinski definition) is 4. The first-order valence-corrected chi connectivity index (χ1v) is 7.05. The molecule has 1 amide bonds. The molecule has 0 bridgehead atoms. The van der Waals surface area contributed by atoms with E-state index in [4.69, 9.17) is 0 Å². The Morgan fingerprint density at radius 2 is 2.00 bits per heavy atom. The molecule has 0 aliphatic heterocycles. The SMILES string of the molecule is COC(=O)c1ccc(CNC(=O)c2cc3cnccc3[nH]2)cc1. The van der Waals surface area contributed by atoms with Crippen molar-refractivity contribution >= 4 is 22.8 Å². The summed E-state index contributed by atoms with van der Waals surface area (Å²) in [6.45, 7) is 0.369. The maximum absolute atomic E-state index is 12.2. The summed E-state index contributed by atoms with van der Waals surface area (Å²) >= 11 is 0. The van der Waals surface area contributed by atoms with Gasteiger partial charge in [-0.25, -0.2) is 4.79 Å². The van der Waals surface area contributed by atoms with Crippen LogP contribution < -0.4 is 5.32 Å². The number of amides is 1. The molecule has 2 N–H and O–H groups in total. The van der Waals surface area contributed by atoms with Crippen molar-refractivity contribution in [1.82, 2.24) is 15.3 Å². The number of rotatable bonds is 4. The summed E-state index contributed by atoms with van der Waals surface area (Å²) in [5.41, 5.74) is 2.72. The summed E-state index contributed by atoms with van der Waals surface area (Å²) in [5.74, 6) is -0.578. The summed E-state index contributed by atoms with van der Waals surface area (Å²) in [6, 6.07) is 10.5. The predicted octanol–water partition coefficient (Wildman–Crippen LogP) is 2.28. The standard InChI is InChI=1S/C17H15N3O3/c1-23-17(22)12-4-2-11(3-5-12)9-19-16(21)15-8-13-10-18-7-6-14(13)20-15/h2-8,10,20H,9H2,1H3,(H,19,21). The summed E-state index contributed by atoms with van der Waals surface area (Å²) in [4.78, 5) is 30.6. The zero-order valence-corrected chi connectivity index (χ0v) is 12.5. The van der Waals surface area contributed by atoms with Gasteiger partial charge in [0.1, 0.15) is 5.69 Å². The molecule has 0 unspecified atom stereocenters.